The lowest BCUT2D eigenvalue weighted by Gasteiger charge is -2.21. The van der Waals surface area contributed by atoms with Gasteiger partial charge in [-0.05, 0) is 36.5 Å². The van der Waals surface area contributed by atoms with Crippen LogP contribution in [0.1, 0.15) is 70.3 Å². The Morgan fingerprint density at radius 2 is 1.91 bits per heavy atom. The monoisotopic (exact) mass is 317 g/mol. The maximum atomic E-state index is 12.0. The second-order valence-corrected chi connectivity index (χ2v) is 6.67. The van der Waals surface area contributed by atoms with E-state index in [4.69, 9.17) is 4.74 Å². The lowest BCUT2D eigenvalue weighted by atomic mass is 9.86. The fraction of sp³-hybridized carbons (Fsp3) is 0.650. The number of unbranched alkanes of at least 4 members (excludes halogenated alkanes) is 1. The van der Waals surface area contributed by atoms with Crippen LogP contribution in [0.2, 0.25) is 0 Å². The number of ether oxygens (including phenoxy) is 1. The van der Waals surface area contributed by atoms with E-state index in [1.54, 1.807) is 0 Å². The van der Waals surface area contributed by atoms with Crippen molar-refractivity contribution in [3.63, 3.8) is 0 Å². The number of carbonyl (C=O) groups is 1. The molecule has 1 aliphatic rings. The molecule has 0 atom stereocenters. The minimum atomic E-state index is 0.179. The van der Waals surface area contributed by atoms with E-state index in [9.17, 15) is 4.79 Å². The topological polar surface area (TPSA) is 38.3 Å². The Balaban J connectivity index is 1.63. The highest BCUT2D eigenvalue weighted by atomic mass is 16.5. The summed E-state index contributed by atoms with van der Waals surface area (Å²) in [7, 11) is 0. The molecule has 0 radical (unpaired) electrons. The first-order valence-electron chi connectivity index (χ1n) is 9.26. The van der Waals surface area contributed by atoms with Crippen LogP contribution in [0.25, 0.3) is 0 Å². The summed E-state index contributed by atoms with van der Waals surface area (Å²) in [5.41, 5.74) is 1.12. The Bertz CT molecular complexity index is 449. The van der Waals surface area contributed by atoms with Crippen LogP contribution in [0, 0.1) is 5.92 Å². The van der Waals surface area contributed by atoms with Crippen LogP contribution in [0.5, 0.6) is 5.75 Å². The third kappa shape index (κ3) is 7.06. The van der Waals surface area contributed by atoms with Gasteiger partial charge in [0.2, 0.25) is 5.91 Å². The Hall–Kier alpha value is -1.51. The quantitative estimate of drug-likeness (QED) is 0.662. The van der Waals surface area contributed by atoms with Gasteiger partial charge in [-0.3, -0.25) is 4.79 Å². The number of carbonyl (C=O) groups excluding carboxylic acids is 1. The van der Waals surface area contributed by atoms with Crippen molar-refractivity contribution in [1.82, 2.24) is 5.32 Å². The van der Waals surface area contributed by atoms with Crippen LogP contribution in [0.15, 0.2) is 24.3 Å². The summed E-state index contributed by atoms with van der Waals surface area (Å²) in [5.74, 6) is 1.86. The highest BCUT2D eigenvalue weighted by molar-refractivity contribution is 5.75. The number of nitrogens with one attached hydrogen (secondary N) is 1. The first-order chi connectivity index (χ1) is 11.3. The Morgan fingerprint density at radius 1 is 1.17 bits per heavy atom. The van der Waals surface area contributed by atoms with E-state index in [1.165, 1.54) is 32.1 Å². The highest BCUT2D eigenvalue weighted by Crippen LogP contribution is 2.27. The minimum absolute atomic E-state index is 0.179. The molecule has 1 N–H and O–H groups in total. The number of rotatable bonds is 9. The molecule has 1 aliphatic carbocycles. The zero-order valence-electron chi connectivity index (χ0n) is 14.5. The molecule has 0 spiro atoms. The van der Waals surface area contributed by atoms with Gasteiger partial charge in [0.25, 0.3) is 0 Å². The molecule has 1 aromatic carbocycles. The van der Waals surface area contributed by atoms with E-state index >= 15 is 0 Å². The fourth-order valence-electron chi connectivity index (χ4n) is 3.14. The van der Waals surface area contributed by atoms with Crippen molar-refractivity contribution in [3.05, 3.63) is 29.8 Å². The Labute approximate surface area is 140 Å². The molecule has 0 unspecified atom stereocenters. The maximum absolute atomic E-state index is 12.0. The van der Waals surface area contributed by atoms with Gasteiger partial charge in [0, 0.05) is 13.0 Å². The lowest BCUT2D eigenvalue weighted by Crippen LogP contribution is -2.23. The molecule has 0 aromatic heterocycles. The van der Waals surface area contributed by atoms with Crippen LogP contribution in [-0.4, -0.2) is 12.5 Å². The maximum Gasteiger partial charge on any atom is 0.220 e. The van der Waals surface area contributed by atoms with Gasteiger partial charge in [0.05, 0.1) is 6.61 Å². The summed E-state index contributed by atoms with van der Waals surface area (Å²) in [6, 6.07) is 8.03. The largest absolute Gasteiger partial charge is 0.494 e. The van der Waals surface area contributed by atoms with Gasteiger partial charge in [0.15, 0.2) is 0 Å². The molecule has 0 saturated heterocycles. The highest BCUT2D eigenvalue weighted by Gasteiger charge is 2.14. The average Bonchev–Trinajstić information content (AvgIpc) is 2.60. The third-order valence-corrected chi connectivity index (χ3v) is 4.68. The molecule has 0 aliphatic heterocycles. The van der Waals surface area contributed by atoms with Gasteiger partial charge >= 0.3 is 0 Å². The number of amides is 1. The second-order valence-electron chi connectivity index (χ2n) is 6.67. The van der Waals surface area contributed by atoms with Crippen molar-refractivity contribution in [2.24, 2.45) is 5.92 Å². The van der Waals surface area contributed by atoms with Crippen molar-refractivity contribution in [2.75, 3.05) is 6.61 Å². The molecule has 3 heteroatoms. The van der Waals surface area contributed by atoms with Gasteiger partial charge in [-0.15, -0.1) is 0 Å². The predicted molar refractivity (Wildman–Crippen MR) is 94.5 cm³/mol. The van der Waals surface area contributed by atoms with Crippen molar-refractivity contribution in [2.45, 2.75) is 71.3 Å². The third-order valence-electron chi connectivity index (χ3n) is 4.68. The summed E-state index contributed by atoms with van der Waals surface area (Å²) >= 11 is 0. The molecule has 2 rings (SSSR count). The van der Waals surface area contributed by atoms with Crippen LogP contribution >= 0.6 is 0 Å². The number of benzene rings is 1. The summed E-state index contributed by atoms with van der Waals surface area (Å²) in [6.07, 6.45) is 10.6. The van der Waals surface area contributed by atoms with Gasteiger partial charge in [-0.2, -0.15) is 0 Å². The predicted octanol–water partition coefficient (Wildman–Crippen LogP) is 4.84. The van der Waals surface area contributed by atoms with E-state index in [-0.39, 0.29) is 5.91 Å². The first-order valence-corrected chi connectivity index (χ1v) is 9.26. The van der Waals surface area contributed by atoms with Gasteiger partial charge in [0.1, 0.15) is 5.75 Å². The number of hydrogen-bond donors (Lipinski definition) is 1. The van der Waals surface area contributed by atoms with Crippen LogP contribution < -0.4 is 10.1 Å². The zero-order valence-corrected chi connectivity index (χ0v) is 14.5. The molecule has 0 bridgehead atoms. The van der Waals surface area contributed by atoms with Crippen molar-refractivity contribution >= 4 is 5.91 Å². The number of hydrogen-bond acceptors (Lipinski definition) is 2. The van der Waals surface area contributed by atoms with E-state index in [0.29, 0.717) is 13.0 Å². The van der Waals surface area contributed by atoms with Gasteiger partial charge in [-0.25, -0.2) is 0 Å². The SMILES string of the molecule is CCCCOc1ccc(CNC(=O)CCC2CCCCC2)cc1. The minimum Gasteiger partial charge on any atom is -0.494 e. The van der Waals surface area contributed by atoms with E-state index in [0.717, 1.165) is 43.1 Å². The molecule has 1 amide bonds. The van der Waals surface area contributed by atoms with Crippen LogP contribution in [-0.2, 0) is 11.3 Å². The molecular formula is C20H31NO2. The zero-order chi connectivity index (χ0) is 16.3. The first kappa shape index (κ1) is 17.8. The Morgan fingerprint density at radius 3 is 2.61 bits per heavy atom. The Kier molecular flexibility index (Phi) is 7.99. The van der Waals surface area contributed by atoms with Crippen LogP contribution in [0.4, 0.5) is 0 Å². The summed E-state index contributed by atoms with van der Waals surface area (Å²) in [5, 5.41) is 3.03. The van der Waals surface area contributed by atoms with Crippen molar-refractivity contribution in [1.29, 1.82) is 0 Å². The molecular weight excluding hydrogens is 286 g/mol. The lowest BCUT2D eigenvalue weighted by molar-refractivity contribution is -0.121. The van der Waals surface area contributed by atoms with Gasteiger partial charge < -0.3 is 10.1 Å². The van der Waals surface area contributed by atoms with E-state index in [1.807, 2.05) is 24.3 Å². The molecule has 0 heterocycles. The summed E-state index contributed by atoms with van der Waals surface area (Å²) in [4.78, 5) is 12.0. The van der Waals surface area contributed by atoms with E-state index in [2.05, 4.69) is 12.2 Å². The van der Waals surface area contributed by atoms with Gasteiger partial charge in [-0.1, -0.05) is 57.6 Å². The fourth-order valence-corrected chi connectivity index (χ4v) is 3.14. The van der Waals surface area contributed by atoms with Crippen molar-refractivity contribution < 1.29 is 9.53 Å². The molecule has 128 valence electrons. The molecule has 3 nitrogen and oxygen atoms in total. The van der Waals surface area contributed by atoms with Crippen molar-refractivity contribution in [3.8, 4) is 5.75 Å². The second kappa shape index (κ2) is 10.3. The standard InChI is InChI=1S/C20H31NO2/c1-2-3-15-23-19-12-9-18(10-13-19)16-21-20(22)14-11-17-7-5-4-6-8-17/h9-10,12-13,17H,2-8,11,14-16H2,1H3,(H,21,22). The van der Waals surface area contributed by atoms with Crippen LogP contribution in [0.3, 0.4) is 0 Å². The molecule has 23 heavy (non-hydrogen) atoms. The molecule has 1 saturated carbocycles. The summed E-state index contributed by atoms with van der Waals surface area (Å²) < 4.78 is 5.65. The summed E-state index contributed by atoms with van der Waals surface area (Å²) in [6.45, 7) is 3.54. The smallest absolute Gasteiger partial charge is 0.220 e. The normalized spacial score (nSPS) is 15.3. The molecule has 1 fully saturated rings. The average molecular weight is 317 g/mol. The van der Waals surface area contributed by atoms with E-state index < -0.39 is 0 Å². The molecule has 1 aromatic rings.